The van der Waals surface area contributed by atoms with Crippen LogP contribution in [0.15, 0.2) is 27.8 Å². The molecular formula is C21H37IN4O2. The molecule has 1 saturated heterocycles. The van der Waals surface area contributed by atoms with Crippen molar-refractivity contribution in [2.24, 2.45) is 10.4 Å². The number of nitrogens with zero attached hydrogens (tertiary/aromatic N) is 2. The third-order valence-corrected chi connectivity index (χ3v) is 6.27. The summed E-state index contributed by atoms with van der Waals surface area (Å²) in [5.41, 5.74) is 0.376. The van der Waals surface area contributed by atoms with Gasteiger partial charge in [-0.1, -0.05) is 12.8 Å². The molecule has 2 heterocycles. The number of hydrogen-bond acceptors (Lipinski definition) is 4. The number of furan rings is 1. The topological polar surface area (TPSA) is 62.0 Å². The maximum absolute atomic E-state index is 5.74. The number of nitrogens with one attached hydrogen (secondary N) is 2. The first-order valence-electron chi connectivity index (χ1n) is 10.5. The zero-order valence-corrected chi connectivity index (χ0v) is 19.7. The zero-order valence-electron chi connectivity index (χ0n) is 17.4. The summed E-state index contributed by atoms with van der Waals surface area (Å²) in [5, 5.41) is 7.10. The van der Waals surface area contributed by atoms with Crippen LogP contribution in [-0.4, -0.2) is 57.8 Å². The quantitative estimate of drug-likeness (QED) is 0.305. The van der Waals surface area contributed by atoms with Crippen molar-refractivity contribution < 1.29 is 9.15 Å². The van der Waals surface area contributed by atoms with Crippen LogP contribution in [0.4, 0.5) is 0 Å². The molecule has 7 heteroatoms. The van der Waals surface area contributed by atoms with Gasteiger partial charge in [-0.3, -0.25) is 9.89 Å². The number of halogens is 1. The molecule has 1 atom stereocenters. The molecule has 0 radical (unpaired) electrons. The number of piperidine rings is 1. The molecule has 2 aliphatic rings. The Bertz CT molecular complexity index is 569. The Balaban J connectivity index is 0.00000280. The Morgan fingerprint density at radius 2 is 2.04 bits per heavy atom. The summed E-state index contributed by atoms with van der Waals surface area (Å²) in [4.78, 5) is 6.98. The minimum absolute atomic E-state index is 0. The highest BCUT2D eigenvalue weighted by Gasteiger charge is 2.36. The Morgan fingerprint density at radius 1 is 1.25 bits per heavy atom. The van der Waals surface area contributed by atoms with Gasteiger partial charge in [-0.2, -0.15) is 0 Å². The van der Waals surface area contributed by atoms with Gasteiger partial charge in [-0.25, -0.2) is 0 Å². The molecule has 6 nitrogen and oxygen atoms in total. The van der Waals surface area contributed by atoms with Gasteiger partial charge in [0.25, 0.3) is 0 Å². The van der Waals surface area contributed by atoms with Crippen molar-refractivity contribution in [2.45, 2.75) is 51.0 Å². The normalized spacial score (nSPS) is 20.7. The average Bonchev–Trinajstić information content (AvgIpc) is 3.20. The van der Waals surface area contributed by atoms with Gasteiger partial charge < -0.3 is 19.8 Å². The standard InChI is InChI=1S/C21H36N4O2.HI/c1-22-20(24-17-21(9-7-10-21)11-15-26-2)23-16-18(19-8-6-14-27-19)25-12-4-3-5-13-25;/h6,8,14,18H,3-5,7,9-13,15-17H2,1-2H3,(H2,22,23,24);1H. The Hall–Kier alpha value is -0.800. The van der Waals surface area contributed by atoms with E-state index in [4.69, 9.17) is 9.15 Å². The summed E-state index contributed by atoms with van der Waals surface area (Å²) in [5.74, 6) is 1.92. The molecule has 0 bridgehead atoms. The first-order chi connectivity index (χ1) is 13.3. The van der Waals surface area contributed by atoms with E-state index in [2.05, 4.69) is 26.6 Å². The molecule has 1 aliphatic carbocycles. The summed E-state index contributed by atoms with van der Waals surface area (Å²) in [6.07, 6.45) is 10.7. The summed E-state index contributed by atoms with van der Waals surface area (Å²) in [6.45, 7) is 4.88. The fourth-order valence-corrected chi connectivity index (χ4v) is 4.32. The van der Waals surface area contributed by atoms with Crippen LogP contribution in [0.3, 0.4) is 0 Å². The molecule has 0 aromatic carbocycles. The lowest BCUT2D eigenvalue weighted by Gasteiger charge is -2.42. The average molecular weight is 504 g/mol. The first kappa shape index (κ1) is 23.5. The molecular weight excluding hydrogens is 467 g/mol. The molecule has 1 aromatic rings. The molecule has 1 aromatic heterocycles. The zero-order chi connectivity index (χ0) is 19.0. The Morgan fingerprint density at radius 3 is 2.61 bits per heavy atom. The highest BCUT2D eigenvalue weighted by Crippen LogP contribution is 2.43. The minimum atomic E-state index is 0. The molecule has 1 aliphatic heterocycles. The summed E-state index contributed by atoms with van der Waals surface area (Å²) >= 11 is 0. The van der Waals surface area contributed by atoms with Crippen molar-refractivity contribution in [1.29, 1.82) is 0 Å². The van der Waals surface area contributed by atoms with E-state index in [1.807, 2.05) is 13.1 Å². The van der Waals surface area contributed by atoms with Crippen LogP contribution < -0.4 is 10.6 Å². The van der Waals surface area contributed by atoms with E-state index < -0.39 is 0 Å². The van der Waals surface area contributed by atoms with Crippen molar-refractivity contribution >= 4 is 29.9 Å². The third kappa shape index (κ3) is 6.35. The van der Waals surface area contributed by atoms with E-state index in [0.717, 1.165) is 50.9 Å². The lowest BCUT2D eigenvalue weighted by atomic mass is 9.67. The molecule has 1 saturated carbocycles. The fourth-order valence-electron chi connectivity index (χ4n) is 4.32. The van der Waals surface area contributed by atoms with E-state index in [1.165, 1.54) is 38.5 Å². The van der Waals surface area contributed by atoms with Crippen LogP contribution in [0.1, 0.15) is 56.7 Å². The molecule has 2 N–H and O–H groups in total. The summed E-state index contributed by atoms with van der Waals surface area (Å²) in [7, 11) is 3.64. The molecule has 3 rings (SSSR count). The first-order valence-corrected chi connectivity index (χ1v) is 10.5. The molecule has 28 heavy (non-hydrogen) atoms. The maximum atomic E-state index is 5.74. The largest absolute Gasteiger partial charge is 0.468 e. The van der Waals surface area contributed by atoms with Gasteiger partial charge in [0, 0.05) is 33.9 Å². The molecule has 0 amide bonds. The van der Waals surface area contributed by atoms with Crippen molar-refractivity contribution in [2.75, 3.05) is 46.9 Å². The smallest absolute Gasteiger partial charge is 0.191 e. The monoisotopic (exact) mass is 504 g/mol. The summed E-state index contributed by atoms with van der Waals surface area (Å²) < 4.78 is 11.0. The van der Waals surface area contributed by atoms with Gasteiger partial charge in [0.15, 0.2) is 5.96 Å². The second-order valence-electron chi connectivity index (χ2n) is 8.03. The molecule has 1 unspecified atom stereocenters. The number of rotatable bonds is 9. The van der Waals surface area contributed by atoms with E-state index >= 15 is 0 Å². The Kier molecular flexibility index (Phi) is 10.1. The van der Waals surface area contributed by atoms with Gasteiger partial charge in [0.1, 0.15) is 5.76 Å². The predicted molar refractivity (Wildman–Crippen MR) is 124 cm³/mol. The van der Waals surface area contributed by atoms with Gasteiger partial charge in [-0.15, -0.1) is 24.0 Å². The third-order valence-electron chi connectivity index (χ3n) is 6.27. The van der Waals surface area contributed by atoms with Gasteiger partial charge >= 0.3 is 0 Å². The van der Waals surface area contributed by atoms with Crippen LogP contribution in [0.25, 0.3) is 0 Å². The van der Waals surface area contributed by atoms with Gasteiger partial charge in [-0.05, 0) is 62.7 Å². The SMILES string of the molecule is CN=C(NCC(c1ccco1)N1CCCCC1)NCC1(CCOC)CCC1.I. The summed E-state index contributed by atoms with van der Waals surface area (Å²) in [6, 6.07) is 4.32. The second-order valence-corrected chi connectivity index (χ2v) is 8.03. The van der Waals surface area contributed by atoms with E-state index in [0.29, 0.717) is 5.41 Å². The minimum Gasteiger partial charge on any atom is -0.468 e. The van der Waals surface area contributed by atoms with Crippen molar-refractivity contribution in [3.8, 4) is 0 Å². The van der Waals surface area contributed by atoms with Crippen LogP contribution in [0, 0.1) is 5.41 Å². The van der Waals surface area contributed by atoms with Crippen LogP contribution in [0.2, 0.25) is 0 Å². The molecule has 2 fully saturated rings. The predicted octanol–water partition coefficient (Wildman–Crippen LogP) is 3.80. The number of methoxy groups -OCH3 is 1. The number of likely N-dealkylation sites (tertiary alicyclic amines) is 1. The van der Waals surface area contributed by atoms with Crippen LogP contribution in [-0.2, 0) is 4.74 Å². The number of hydrogen-bond donors (Lipinski definition) is 2. The van der Waals surface area contributed by atoms with Gasteiger partial charge in [0.2, 0.25) is 0 Å². The van der Waals surface area contributed by atoms with Crippen molar-refractivity contribution in [1.82, 2.24) is 15.5 Å². The van der Waals surface area contributed by atoms with E-state index in [9.17, 15) is 0 Å². The second kappa shape index (κ2) is 12.0. The van der Waals surface area contributed by atoms with Crippen molar-refractivity contribution in [3.63, 3.8) is 0 Å². The molecule has 0 spiro atoms. The number of guanidine groups is 1. The fraction of sp³-hybridized carbons (Fsp3) is 0.762. The van der Waals surface area contributed by atoms with Crippen molar-refractivity contribution in [3.05, 3.63) is 24.2 Å². The number of aliphatic imine (C=N–C) groups is 1. The lowest BCUT2D eigenvalue weighted by Crippen LogP contribution is -2.49. The van der Waals surface area contributed by atoms with E-state index in [-0.39, 0.29) is 30.0 Å². The highest BCUT2D eigenvalue weighted by molar-refractivity contribution is 14.0. The lowest BCUT2D eigenvalue weighted by molar-refractivity contribution is 0.0732. The van der Waals surface area contributed by atoms with Gasteiger partial charge in [0.05, 0.1) is 12.3 Å². The number of ether oxygens (including phenoxy) is 1. The van der Waals surface area contributed by atoms with E-state index in [1.54, 1.807) is 13.4 Å². The maximum Gasteiger partial charge on any atom is 0.191 e. The molecule has 160 valence electrons. The highest BCUT2D eigenvalue weighted by atomic mass is 127. The Labute approximate surface area is 186 Å². The van der Waals surface area contributed by atoms with Crippen LogP contribution >= 0.6 is 24.0 Å². The van der Waals surface area contributed by atoms with Crippen LogP contribution in [0.5, 0.6) is 0 Å².